The van der Waals surface area contributed by atoms with Gasteiger partial charge in [-0.2, -0.15) is 13.2 Å². The molecule has 1 aliphatic rings. The van der Waals surface area contributed by atoms with Gasteiger partial charge in [-0.1, -0.05) is 0 Å². The lowest BCUT2D eigenvalue weighted by atomic mass is 9.97. The number of hydrogen-bond acceptors (Lipinski definition) is 2. The molecule has 0 radical (unpaired) electrons. The lowest BCUT2D eigenvalue weighted by Crippen LogP contribution is -2.39. The maximum Gasteiger partial charge on any atom is 0.391 e. The van der Waals surface area contributed by atoms with Crippen molar-refractivity contribution in [1.82, 2.24) is 9.47 Å². The van der Waals surface area contributed by atoms with Gasteiger partial charge in [-0.15, -0.1) is 0 Å². The van der Waals surface area contributed by atoms with E-state index in [2.05, 4.69) is 0 Å². The second kappa shape index (κ2) is 5.88. The molecule has 2 aromatic rings. The summed E-state index contributed by atoms with van der Waals surface area (Å²) in [5.74, 6) is -1.66. The number of nitrogens with zero attached hydrogens (tertiary/aromatic N) is 2. The summed E-state index contributed by atoms with van der Waals surface area (Å²) >= 11 is 0. The summed E-state index contributed by atoms with van der Waals surface area (Å²) in [7, 11) is 0. The van der Waals surface area contributed by atoms with Gasteiger partial charge in [0.1, 0.15) is 0 Å². The van der Waals surface area contributed by atoms with Gasteiger partial charge in [-0.25, -0.2) is 0 Å². The SMILES string of the molecule is NC(=O)c1ccc2c(ccn2CN2CCC(C(F)(F)F)CC2)c1. The van der Waals surface area contributed by atoms with E-state index in [-0.39, 0.29) is 12.8 Å². The van der Waals surface area contributed by atoms with Crippen LogP contribution in [0, 0.1) is 5.92 Å². The summed E-state index contributed by atoms with van der Waals surface area (Å²) in [4.78, 5) is 13.2. The molecule has 0 atom stereocenters. The fourth-order valence-corrected chi connectivity index (χ4v) is 3.09. The molecule has 0 unspecified atom stereocenters. The van der Waals surface area contributed by atoms with Gasteiger partial charge in [0, 0.05) is 35.8 Å². The van der Waals surface area contributed by atoms with Crippen molar-refractivity contribution in [3.05, 3.63) is 36.0 Å². The molecule has 7 heteroatoms. The van der Waals surface area contributed by atoms with Crippen LogP contribution >= 0.6 is 0 Å². The van der Waals surface area contributed by atoms with Gasteiger partial charge in [0.15, 0.2) is 0 Å². The van der Waals surface area contributed by atoms with Crippen LogP contribution in [0.1, 0.15) is 23.2 Å². The fraction of sp³-hybridized carbons (Fsp3) is 0.438. The third-order valence-corrected chi connectivity index (χ3v) is 4.46. The number of primary amides is 1. The van der Waals surface area contributed by atoms with Crippen LogP contribution in [0.2, 0.25) is 0 Å². The van der Waals surface area contributed by atoms with Gasteiger partial charge in [0.2, 0.25) is 5.91 Å². The first-order chi connectivity index (χ1) is 10.8. The molecule has 1 aromatic heterocycles. The predicted molar refractivity (Wildman–Crippen MR) is 80.8 cm³/mol. The smallest absolute Gasteiger partial charge is 0.366 e. The zero-order chi connectivity index (χ0) is 16.6. The molecule has 2 heterocycles. The topological polar surface area (TPSA) is 51.3 Å². The molecule has 23 heavy (non-hydrogen) atoms. The number of rotatable bonds is 3. The predicted octanol–water partition coefficient (Wildman–Crippen LogP) is 2.97. The number of carbonyl (C=O) groups is 1. The van der Waals surface area contributed by atoms with E-state index >= 15 is 0 Å². The number of halogens is 3. The number of piperidine rings is 1. The Labute approximate surface area is 131 Å². The standard InChI is InChI=1S/C16H18F3N3O/c17-16(18,19)13-4-6-21(7-5-13)10-22-8-3-11-9-12(15(20)23)1-2-14(11)22/h1-3,8-9,13H,4-7,10H2,(H2,20,23). The summed E-state index contributed by atoms with van der Waals surface area (Å²) in [6, 6.07) is 7.09. The summed E-state index contributed by atoms with van der Waals surface area (Å²) < 4.78 is 40.1. The first-order valence-corrected chi connectivity index (χ1v) is 7.52. The molecule has 1 aromatic carbocycles. The van der Waals surface area contributed by atoms with E-state index in [9.17, 15) is 18.0 Å². The molecule has 3 rings (SSSR count). The molecule has 0 spiro atoms. The Morgan fingerprint density at radius 3 is 2.52 bits per heavy atom. The Kier molecular flexibility index (Phi) is 4.06. The van der Waals surface area contributed by atoms with E-state index in [0.717, 1.165) is 10.9 Å². The van der Waals surface area contributed by atoms with E-state index in [4.69, 9.17) is 5.73 Å². The third-order valence-electron chi connectivity index (χ3n) is 4.46. The van der Waals surface area contributed by atoms with Crippen LogP contribution in [0.25, 0.3) is 10.9 Å². The molecule has 1 saturated heterocycles. The van der Waals surface area contributed by atoms with Crippen LogP contribution in [0.15, 0.2) is 30.5 Å². The van der Waals surface area contributed by atoms with Crippen LogP contribution in [-0.4, -0.2) is 34.6 Å². The summed E-state index contributed by atoms with van der Waals surface area (Å²) in [5.41, 5.74) is 6.65. The molecule has 1 fully saturated rings. The minimum Gasteiger partial charge on any atom is -0.366 e. The molecule has 4 nitrogen and oxygen atoms in total. The first kappa shape index (κ1) is 15.9. The first-order valence-electron chi connectivity index (χ1n) is 7.52. The lowest BCUT2D eigenvalue weighted by molar-refractivity contribution is -0.185. The number of aromatic nitrogens is 1. The second-order valence-corrected chi connectivity index (χ2v) is 6.00. The van der Waals surface area contributed by atoms with Gasteiger partial charge in [-0.3, -0.25) is 9.69 Å². The zero-order valence-electron chi connectivity index (χ0n) is 12.5. The molecular formula is C16H18F3N3O. The van der Waals surface area contributed by atoms with Crippen molar-refractivity contribution >= 4 is 16.8 Å². The summed E-state index contributed by atoms with van der Waals surface area (Å²) in [6.07, 6.45) is -1.91. The third kappa shape index (κ3) is 3.34. The lowest BCUT2D eigenvalue weighted by Gasteiger charge is -2.33. The normalized spacial score (nSPS) is 17.7. The van der Waals surface area contributed by atoms with Crippen molar-refractivity contribution in [3.63, 3.8) is 0 Å². The van der Waals surface area contributed by atoms with Crippen molar-refractivity contribution < 1.29 is 18.0 Å². The van der Waals surface area contributed by atoms with Gasteiger partial charge >= 0.3 is 6.18 Å². The number of alkyl halides is 3. The van der Waals surface area contributed by atoms with E-state index in [1.54, 1.807) is 12.1 Å². The molecule has 1 amide bonds. The Morgan fingerprint density at radius 2 is 1.91 bits per heavy atom. The Hall–Kier alpha value is -2.02. The van der Waals surface area contributed by atoms with Crippen molar-refractivity contribution in [3.8, 4) is 0 Å². The van der Waals surface area contributed by atoms with Gasteiger partial charge < -0.3 is 10.3 Å². The van der Waals surface area contributed by atoms with Crippen LogP contribution in [0.3, 0.4) is 0 Å². The van der Waals surface area contributed by atoms with Crippen LogP contribution in [0.4, 0.5) is 13.2 Å². The molecule has 0 bridgehead atoms. The van der Waals surface area contributed by atoms with Crippen molar-refractivity contribution in [1.29, 1.82) is 0 Å². The molecule has 124 valence electrons. The minimum atomic E-state index is -4.09. The fourth-order valence-electron chi connectivity index (χ4n) is 3.09. The molecule has 1 aliphatic heterocycles. The number of hydrogen-bond donors (Lipinski definition) is 1. The molecule has 0 aliphatic carbocycles. The number of carbonyl (C=O) groups excluding carboxylic acids is 1. The van der Waals surface area contributed by atoms with Gasteiger partial charge in [-0.05, 0) is 37.1 Å². The molecule has 0 saturated carbocycles. The van der Waals surface area contributed by atoms with Crippen molar-refractivity contribution in [2.24, 2.45) is 11.7 Å². The highest BCUT2D eigenvalue weighted by Crippen LogP contribution is 2.34. The number of likely N-dealkylation sites (tertiary alicyclic amines) is 1. The zero-order valence-corrected chi connectivity index (χ0v) is 12.5. The highest BCUT2D eigenvalue weighted by Gasteiger charge is 2.40. The molecule has 2 N–H and O–H groups in total. The van der Waals surface area contributed by atoms with E-state index < -0.39 is 18.0 Å². The second-order valence-electron chi connectivity index (χ2n) is 6.00. The van der Waals surface area contributed by atoms with Crippen molar-refractivity contribution in [2.75, 3.05) is 13.1 Å². The largest absolute Gasteiger partial charge is 0.391 e. The number of nitrogens with two attached hydrogens (primary N) is 1. The highest BCUT2D eigenvalue weighted by atomic mass is 19.4. The maximum absolute atomic E-state index is 12.7. The number of benzene rings is 1. The minimum absolute atomic E-state index is 0.147. The Bertz CT molecular complexity index is 715. The monoisotopic (exact) mass is 325 g/mol. The average Bonchev–Trinajstić information content (AvgIpc) is 2.89. The number of fused-ring (bicyclic) bond motifs is 1. The number of amides is 1. The van der Waals surface area contributed by atoms with Crippen LogP contribution < -0.4 is 5.73 Å². The van der Waals surface area contributed by atoms with E-state index in [1.165, 1.54) is 0 Å². The summed E-state index contributed by atoms with van der Waals surface area (Å²) in [6.45, 7) is 1.41. The van der Waals surface area contributed by atoms with Crippen LogP contribution in [-0.2, 0) is 6.67 Å². The Morgan fingerprint density at radius 1 is 1.22 bits per heavy atom. The van der Waals surface area contributed by atoms with Crippen LogP contribution in [0.5, 0.6) is 0 Å². The highest BCUT2D eigenvalue weighted by molar-refractivity contribution is 5.97. The molecular weight excluding hydrogens is 307 g/mol. The van der Waals surface area contributed by atoms with E-state index in [1.807, 2.05) is 27.8 Å². The quantitative estimate of drug-likeness (QED) is 0.943. The average molecular weight is 325 g/mol. The van der Waals surface area contributed by atoms with Gasteiger partial charge in [0.05, 0.1) is 12.6 Å². The summed E-state index contributed by atoms with van der Waals surface area (Å²) in [5, 5.41) is 0.895. The van der Waals surface area contributed by atoms with Crippen molar-refractivity contribution in [2.45, 2.75) is 25.7 Å². The van der Waals surface area contributed by atoms with E-state index in [0.29, 0.717) is 25.3 Å². The van der Waals surface area contributed by atoms with Gasteiger partial charge in [0.25, 0.3) is 0 Å². The Balaban J connectivity index is 1.70. The maximum atomic E-state index is 12.7.